The molecule has 0 aromatic heterocycles. The fourth-order valence-electron chi connectivity index (χ4n) is 4.27. The lowest BCUT2D eigenvalue weighted by atomic mass is 9.82. The summed E-state index contributed by atoms with van der Waals surface area (Å²) in [6.07, 6.45) is 3.33. The van der Waals surface area contributed by atoms with E-state index < -0.39 is 30.0 Å². The van der Waals surface area contributed by atoms with Crippen LogP contribution in [0.5, 0.6) is 0 Å². The summed E-state index contributed by atoms with van der Waals surface area (Å²) in [4.78, 5) is 24.3. The smallest absolute Gasteiger partial charge is 0.310 e. The molecule has 0 saturated carbocycles. The van der Waals surface area contributed by atoms with Crippen LogP contribution < -0.4 is 5.32 Å². The highest BCUT2D eigenvalue weighted by Crippen LogP contribution is 2.39. The van der Waals surface area contributed by atoms with Gasteiger partial charge in [0.25, 0.3) is 0 Å². The molecule has 5 heteroatoms. The average molecular weight is 377 g/mol. The van der Waals surface area contributed by atoms with Gasteiger partial charge in [-0.2, -0.15) is 0 Å². The fourth-order valence-corrected chi connectivity index (χ4v) is 4.27. The number of rotatable bonds is 7. The first-order valence-corrected chi connectivity index (χ1v) is 9.59. The molecule has 1 saturated heterocycles. The summed E-state index contributed by atoms with van der Waals surface area (Å²) in [6.45, 7) is 0.469. The monoisotopic (exact) mass is 377 g/mol. The normalized spacial score (nSPS) is 25.2. The van der Waals surface area contributed by atoms with E-state index in [1.54, 1.807) is 12.2 Å². The van der Waals surface area contributed by atoms with Gasteiger partial charge in [0.2, 0.25) is 5.91 Å². The topological polar surface area (TPSA) is 75.6 Å². The van der Waals surface area contributed by atoms with Gasteiger partial charge < -0.3 is 15.2 Å². The van der Waals surface area contributed by atoms with Crippen molar-refractivity contribution in [1.29, 1.82) is 0 Å². The van der Waals surface area contributed by atoms with Crippen LogP contribution in [-0.4, -0.2) is 35.7 Å². The van der Waals surface area contributed by atoms with Crippen LogP contribution in [0.4, 0.5) is 0 Å². The van der Waals surface area contributed by atoms with Gasteiger partial charge in [0.05, 0.1) is 18.1 Å². The predicted molar refractivity (Wildman–Crippen MR) is 105 cm³/mol. The zero-order chi connectivity index (χ0) is 19.5. The fraction of sp³-hybridized carbons (Fsp3) is 0.304. The van der Waals surface area contributed by atoms with Crippen molar-refractivity contribution in [3.63, 3.8) is 0 Å². The van der Waals surface area contributed by atoms with Crippen LogP contribution in [0.15, 0.2) is 72.8 Å². The lowest BCUT2D eigenvalue weighted by molar-refractivity contribution is -0.146. The highest BCUT2D eigenvalue weighted by Gasteiger charge is 2.53. The maximum atomic E-state index is 12.7. The number of benzene rings is 2. The van der Waals surface area contributed by atoms with Crippen LogP contribution in [0.2, 0.25) is 0 Å². The Morgan fingerprint density at radius 2 is 1.43 bits per heavy atom. The summed E-state index contributed by atoms with van der Waals surface area (Å²) in [5.41, 5.74) is 2.38. The Kier molecular flexibility index (Phi) is 5.26. The van der Waals surface area contributed by atoms with Gasteiger partial charge in [-0.15, -0.1) is 0 Å². The van der Waals surface area contributed by atoms with Crippen LogP contribution >= 0.6 is 0 Å². The van der Waals surface area contributed by atoms with Crippen molar-refractivity contribution in [1.82, 2.24) is 5.32 Å². The molecule has 5 nitrogen and oxygen atoms in total. The standard InChI is InChI=1S/C23H23NO4/c25-22(20-18-11-12-19(28-18)21(20)23(26)27)24-14-13-17(15-7-3-1-4-8-15)16-9-5-2-6-10-16/h1-12,17-21H,13-14H2,(H,24,25)(H,26,27)/t18-,19+,20+,21+/m1/s1. The molecular weight excluding hydrogens is 354 g/mol. The molecule has 0 spiro atoms. The van der Waals surface area contributed by atoms with Crippen molar-refractivity contribution >= 4 is 11.9 Å². The maximum Gasteiger partial charge on any atom is 0.310 e. The molecular formula is C23H23NO4. The molecule has 28 heavy (non-hydrogen) atoms. The molecule has 4 atom stereocenters. The van der Waals surface area contributed by atoms with E-state index in [9.17, 15) is 14.7 Å². The molecule has 4 rings (SSSR count). The van der Waals surface area contributed by atoms with Gasteiger partial charge in [0.15, 0.2) is 0 Å². The number of carboxylic acid groups (broad SMARTS) is 1. The first-order valence-electron chi connectivity index (χ1n) is 9.59. The molecule has 0 unspecified atom stereocenters. The van der Waals surface area contributed by atoms with Gasteiger partial charge in [-0.25, -0.2) is 0 Å². The van der Waals surface area contributed by atoms with E-state index in [1.165, 1.54) is 11.1 Å². The third kappa shape index (κ3) is 3.58. The highest BCUT2D eigenvalue weighted by atomic mass is 16.5. The number of fused-ring (bicyclic) bond motifs is 2. The Balaban J connectivity index is 1.43. The molecule has 2 bridgehead atoms. The van der Waals surface area contributed by atoms with Crippen molar-refractivity contribution in [2.75, 3.05) is 6.54 Å². The van der Waals surface area contributed by atoms with Gasteiger partial charge in [-0.05, 0) is 17.5 Å². The summed E-state index contributed by atoms with van der Waals surface area (Å²) in [6, 6.07) is 20.4. The molecule has 2 aromatic rings. The van der Waals surface area contributed by atoms with E-state index >= 15 is 0 Å². The molecule has 144 valence electrons. The van der Waals surface area contributed by atoms with Crippen LogP contribution in [0.3, 0.4) is 0 Å². The summed E-state index contributed by atoms with van der Waals surface area (Å²) in [5.74, 6) is -2.55. The van der Waals surface area contributed by atoms with Gasteiger partial charge >= 0.3 is 5.97 Å². The Labute approximate surface area is 164 Å². The predicted octanol–water partition coefficient (Wildman–Crippen LogP) is 2.98. The number of carbonyl (C=O) groups is 2. The minimum atomic E-state index is -0.983. The molecule has 1 fully saturated rings. The van der Waals surface area contributed by atoms with E-state index in [2.05, 4.69) is 29.6 Å². The first kappa shape index (κ1) is 18.4. The number of aliphatic carboxylic acids is 1. The Bertz CT molecular complexity index is 825. The third-order valence-corrected chi connectivity index (χ3v) is 5.62. The Morgan fingerprint density at radius 1 is 0.893 bits per heavy atom. The van der Waals surface area contributed by atoms with Crippen molar-refractivity contribution in [3.05, 3.63) is 83.9 Å². The van der Waals surface area contributed by atoms with Crippen LogP contribution in [0.1, 0.15) is 23.5 Å². The highest BCUT2D eigenvalue weighted by molar-refractivity contribution is 5.87. The second kappa shape index (κ2) is 7.98. The van der Waals surface area contributed by atoms with E-state index in [-0.39, 0.29) is 11.8 Å². The second-order valence-corrected chi connectivity index (χ2v) is 7.29. The number of carbonyl (C=O) groups excluding carboxylic acids is 1. The molecule has 1 amide bonds. The minimum Gasteiger partial charge on any atom is -0.481 e. The van der Waals surface area contributed by atoms with Crippen molar-refractivity contribution < 1.29 is 19.4 Å². The van der Waals surface area contributed by atoms with E-state index in [0.29, 0.717) is 6.54 Å². The van der Waals surface area contributed by atoms with E-state index in [1.807, 2.05) is 36.4 Å². The summed E-state index contributed by atoms with van der Waals surface area (Å²) < 4.78 is 5.59. The lowest BCUT2D eigenvalue weighted by Crippen LogP contribution is -2.42. The lowest BCUT2D eigenvalue weighted by Gasteiger charge is -2.22. The minimum absolute atomic E-state index is 0.161. The molecule has 2 N–H and O–H groups in total. The molecule has 0 aliphatic carbocycles. The average Bonchev–Trinajstić information content (AvgIpc) is 3.34. The van der Waals surface area contributed by atoms with Crippen LogP contribution in [0, 0.1) is 11.8 Å². The largest absolute Gasteiger partial charge is 0.481 e. The maximum absolute atomic E-state index is 12.7. The SMILES string of the molecule is O=C(O)[C@@H]1[C@@H](C(=O)NCCC(c2ccccc2)c2ccccc2)[C@H]2C=C[C@@H]1O2. The van der Waals surface area contributed by atoms with Crippen LogP contribution in [0.25, 0.3) is 0 Å². The van der Waals surface area contributed by atoms with Gasteiger partial charge in [-0.1, -0.05) is 72.8 Å². The first-order chi connectivity index (χ1) is 13.6. The third-order valence-electron chi connectivity index (χ3n) is 5.62. The number of hydrogen-bond donors (Lipinski definition) is 2. The Morgan fingerprint density at radius 3 is 1.96 bits per heavy atom. The molecule has 2 aliphatic rings. The van der Waals surface area contributed by atoms with Crippen LogP contribution in [-0.2, 0) is 14.3 Å². The molecule has 0 radical (unpaired) electrons. The molecule has 2 heterocycles. The van der Waals surface area contributed by atoms with Crippen molar-refractivity contribution in [2.24, 2.45) is 11.8 Å². The van der Waals surface area contributed by atoms with E-state index in [4.69, 9.17) is 4.74 Å². The summed E-state index contributed by atoms with van der Waals surface area (Å²) in [5, 5.41) is 12.4. The number of amides is 1. The van der Waals surface area contributed by atoms with Gasteiger partial charge in [0, 0.05) is 12.5 Å². The molecule has 2 aliphatic heterocycles. The van der Waals surface area contributed by atoms with Crippen molar-refractivity contribution in [3.8, 4) is 0 Å². The van der Waals surface area contributed by atoms with Gasteiger partial charge in [-0.3, -0.25) is 9.59 Å². The number of hydrogen-bond acceptors (Lipinski definition) is 3. The molecule has 2 aromatic carbocycles. The summed E-state index contributed by atoms with van der Waals surface area (Å²) >= 11 is 0. The quantitative estimate of drug-likeness (QED) is 0.728. The number of nitrogens with one attached hydrogen (secondary N) is 1. The number of carboxylic acids is 1. The number of ether oxygens (including phenoxy) is 1. The van der Waals surface area contributed by atoms with Gasteiger partial charge in [0.1, 0.15) is 5.92 Å². The van der Waals surface area contributed by atoms with E-state index in [0.717, 1.165) is 6.42 Å². The summed E-state index contributed by atoms with van der Waals surface area (Å²) in [7, 11) is 0. The Hall–Kier alpha value is -2.92. The second-order valence-electron chi connectivity index (χ2n) is 7.29. The zero-order valence-electron chi connectivity index (χ0n) is 15.4. The zero-order valence-corrected chi connectivity index (χ0v) is 15.4. The van der Waals surface area contributed by atoms with Crippen molar-refractivity contribution in [2.45, 2.75) is 24.5 Å².